The molecule has 1 saturated heterocycles. The Kier molecular flexibility index (Phi) is 4.00. The minimum atomic E-state index is -4.35. The summed E-state index contributed by atoms with van der Waals surface area (Å²) in [6.07, 6.45) is -0.850. The molecule has 1 aromatic heterocycles. The van der Waals surface area contributed by atoms with Crippen molar-refractivity contribution in [3.63, 3.8) is 0 Å². The molecule has 0 spiro atoms. The molecule has 0 unspecified atom stereocenters. The van der Waals surface area contributed by atoms with Crippen LogP contribution in [-0.4, -0.2) is 23.3 Å². The van der Waals surface area contributed by atoms with Crippen LogP contribution in [0.4, 0.5) is 19.0 Å². The second-order valence-electron chi connectivity index (χ2n) is 5.40. The maximum Gasteiger partial charge on any atom is 0.416 e. The maximum atomic E-state index is 12.7. The van der Waals surface area contributed by atoms with Gasteiger partial charge in [0.25, 0.3) is 0 Å². The van der Waals surface area contributed by atoms with Crippen LogP contribution in [-0.2, 0) is 6.18 Å². The summed E-state index contributed by atoms with van der Waals surface area (Å²) in [7, 11) is 0. The highest BCUT2D eigenvalue weighted by Crippen LogP contribution is 2.31. The minimum absolute atomic E-state index is 0.424. The zero-order chi connectivity index (χ0) is 15.6. The summed E-state index contributed by atoms with van der Waals surface area (Å²) in [5.74, 6) is 0.787. The Labute approximate surface area is 126 Å². The predicted octanol–water partition coefficient (Wildman–Crippen LogP) is 4.15. The molecular formula is C16H16F3N3. The normalized spacial score (nSPS) is 15.9. The highest BCUT2D eigenvalue weighted by atomic mass is 19.4. The third-order valence-corrected chi connectivity index (χ3v) is 3.82. The van der Waals surface area contributed by atoms with Crippen LogP contribution in [0.1, 0.15) is 24.8 Å². The van der Waals surface area contributed by atoms with Crippen LogP contribution in [0.15, 0.2) is 36.4 Å². The number of halogens is 3. The van der Waals surface area contributed by atoms with E-state index < -0.39 is 11.7 Å². The van der Waals surface area contributed by atoms with Gasteiger partial charge in [0.05, 0.1) is 11.3 Å². The monoisotopic (exact) mass is 307 g/mol. The molecule has 1 aliphatic rings. The fraction of sp³-hybridized carbons (Fsp3) is 0.375. The summed E-state index contributed by atoms with van der Waals surface area (Å²) in [5.41, 5.74) is 0.200. The Hall–Kier alpha value is -2.11. The van der Waals surface area contributed by atoms with Gasteiger partial charge in [-0.3, -0.25) is 0 Å². The molecule has 0 radical (unpaired) electrons. The van der Waals surface area contributed by atoms with Gasteiger partial charge in [-0.15, -0.1) is 10.2 Å². The molecule has 6 heteroatoms. The molecule has 0 bridgehead atoms. The Morgan fingerprint density at radius 2 is 1.68 bits per heavy atom. The number of hydrogen-bond donors (Lipinski definition) is 0. The predicted molar refractivity (Wildman–Crippen MR) is 78.5 cm³/mol. The number of piperidine rings is 1. The first kappa shape index (κ1) is 14.8. The molecule has 2 heterocycles. The molecule has 0 N–H and O–H groups in total. The highest BCUT2D eigenvalue weighted by Gasteiger charge is 2.30. The molecule has 0 amide bonds. The Bertz CT molecular complexity index is 632. The van der Waals surface area contributed by atoms with Crippen molar-refractivity contribution in [2.75, 3.05) is 18.0 Å². The Balaban J connectivity index is 1.83. The summed E-state index contributed by atoms with van der Waals surface area (Å²) in [5, 5.41) is 8.25. The van der Waals surface area contributed by atoms with E-state index in [1.165, 1.54) is 12.5 Å². The van der Waals surface area contributed by atoms with E-state index in [2.05, 4.69) is 15.1 Å². The molecule has 3 nitrogen and oxygen atoms in total. The summed E-state index contributed by atoms with van der Waals surface area (Å²) in [4.78, 5) is 2.16. The van der Waals surface area contributed by atoms with Crippen molar-refractivity contribution in [1.29, 1.82) is 0 Å². The lowest BCUT2D eigenvalue weighted by Gasteiger charge is -2.27. The smallest absolute Gasteiger partial charge is 0.355 e. The van der Waals surface area contributed by atoms with E-state index in [0.717, 1.165) is 43.9 Å². The van der Waals surface area contributed by atoms with Gasteiger partial charge in [0.2, 0.25) is 0 Å². The number of alkyl halides is 3. The molecule has 116 valence electrons. The molecule has 1 fully saturated rings. The number of benzene rings is 1. The maximum absolute atomic E-state index is 12.7. The van der Waals surface area contributed by atoms with E-state index in [-0.39, 0.29) is 0 Å². The quantitative estimate of drug-likeness (QED) is 0.834. The van der Waals surface area contributed by atoms with Crippen molar-refractivity contribution in [2.45, 2.75) is 25.4 Å². The van der Waals surface area contributed by atoms with Crippen LogP contribution in [0, 0.1) is 0 Å². The van der Waals surface area contributed by atoms with Gasteiger partial charge in [-0.2, -0.15) is 13.2 Å². The van der Waals surface area contributed by atoms with Gasteiger partial charge < -0.3 is 4.90 Å². The van der Waals surface area contributed by atoms with Gasteiger partial charge in [0, 0.05) is 18.7 Å². The molecule has 0 aliphatic carbocycles. The third-order valence-electron chi connectivity index (χ3n) is 3.82. The largest absolute Gasteiger partial charge is 0.416 e. The molecule has 0 atom stereocenters. The van der Waals surface area contributed by atoms with Gasteiger partial charge in [0.15, 0.2) is 5.82 Å². The van der Waals surface area contributed by atoms with Gasteiger partial charge in [-0.25, -0.2) is 0 Å². The summed E-state index contributed by atoms with van der Waals surface area (Å²) < 4.78 is 38.2. The van der Waals surface area contributed by atoms with E-state index >= 15 is 0 Å². The molecule has 3 rings (SSSR count). The second kappa shape index (κ2) is 5.94. The highest BCUT2D eigenvalue weighted by molar-refractivity contribution is 5.61. The molecule has 0 saturated carbocycles. The second-order valence-corrected chi connectivity index (χ2v) is 5.40. The van der Waals surface area contributed by atoms with Gasteiger partial charge in [-0.05, 0) is 43.5 Å². The fourth-order valence-electron chi connectivity index (χ4n) is 2.63. The van der Waals surface area contributed by atoms with Crippen LogP contribution in [0.25, 0.3) is 11.3 Å². The lowest BCUT2D eigenvalue weighted by atomic mass is 10.1. The van der Waals surface area contributed by atoms with Gasteiger partial charge >= 0.3 is 6.18 Å². The van der Waals surface area contributed by atoms with Crippen molar-refractivity contribution in [3.8, 4) is 11.3 Å². The minimum Gasteiger partial charge on any atom is -0.355 e. The van der Waals surface area contributed by atoms with Crippen molar-refractivity contribution >= 4 is 5.82 Å². The first-order valence-corrected chi connectivity index (χ1v) is 7.30. The van der Waals surface area contributed by atoms with E-state index in [9.17, 15) is 13.2 Å². The molecule has 2 aromatic rings. The molecular weight excluding hydrogens is 291 g/mol. The van der Waals surface area contributed by atoms with Crippen molar-refractivity contribution < 1.29 is 13.2 Å². The third kappa shape index (κ3) is 3.21. The van der Waals surface area contributed by atoms with Crippen molar-refractivity contribution in [1.82, 2.24) is 10.2 Å². The summed E-state index contributed by atoms with van der Waals surface area (Å²) >= 11 is 0. The number of nitrogens with zero attached hydrogens (tertiary/aromatic N) is 3. The fourth-order valence-corrected chi connectivity index (χ4v) is 2.63. The number of rotatable bonds is 2. The average molecular weight is 307 g/mol. The van der Waals surface area contributed by atoms with Crippen molar-refractivity contribution in [3.05, 3.63) is 42.0 Å². The summed E-state index contributed by atoms with van der Waals surface area (Å²) in [6, 6.07) is 8.71. The standard InChI is InChI=1S/C16H16F3N3/c17-16(18,19)13-6-4-5-12(11-13)14-7-8-15(21-20-14)22-9-2-1-3-10-22/h4-8,11H,1-3,9-10H2. The van der Waals surface area contributed by atoms with Crippen molar-refractivity contribution in [2.24, 2.45) is 0 Å². The Morgan fingerprint density at radius 1 is 0.909 bits per heavy atom. The molecule has 1 aromatic carbocycles. The number of anilines is 1. The SMILES string of the molecule is FC(F)(F)c1cccc(-c2ccc(N3CCCCC3)nn2)c1. The average Bonchev–Trinajstić information content (AvgIpc) is 2.55. The molecule has 1 aliphatic heterocycles. The zero-order valence-corrected chi connectivity index (χ0v) is 12.0. The van der Waals surface area contributed by atoms with Crippen LogP contribution < -0.4 is 4.90 Å². The van der Waals surface area contributed by atoms with E-state index in [0.29, 0.717) is 11.3 Å². The van der Waals surface area contributed by atoms with Crippen LogP contribution in [0.5, 0.6) is 0 Å². The molecule has 22 heavy (non-hydrogen) atoms. The van der Waals surface area contributed by atoms with Gasteiger partial charge in [0.1, 0.15) is 0 Å². The number of aromatic nitrogens is 2. The van der Waals surface area contributed by atoms with Crippen LogP contribution in [0.2, 0.25) is 0 Å². The topological polar surface area (TPSA) is 29.0 Å². The lowest BCUT2D eigenvalue weighted by Crippen LogP contribution is -2.30. The van der Waals surface area contributed by atoms with Crippen LogP contribution >= 0.6 is 0 Å². The lowest BCUT2D eigenvalue weighted by molar-refractivity contribution is -0.137. The van der Waals surface area contributed by atoms with Crippen LogP contribution in [0.3, 0.4) is 0 Å². The zero-order valence-electron chi connectivity index (χ0n) is 12.0. The first-order chi connectivity index (χ1) is 10.5. The van der Waals surface area contributed by atoms with E-state index in [1.807, 2.05) is 6.07 Å². The first-order valence-electron chi connectivity index (χ1n) is 7.30. The number of hydrogen-bond acceptors (Lipinski definition) is 3. The van der Waals surface area contributed by atoms with Gasteiger partial charge in [-0.1, -0.05) is 12.1 Å². The summed E-state index contributed by atoms with van der Waals surface area (Å²) in [6.45, 7) is 1.91. The van der Waals surface area contributed by atoms with E-state index in [1.54, 1.807) is 12.1 Å². The Morgan fingerprint density at radius 3 is 2.32 bits per heavy atom. The van der Waals surface area contributed by atoms with E-state index in [4.69, 9.17) is 0 Å².